The number of amides is 3. The van der Waals surface area contributed by atoms with Crippen LogP contribution in [0.3, 0.4) is 0 Å². The molecule has 0 radical (unpaired) electrons. The van der Waals surface area contributed by atoms with Gasteiger partial charge in [0.2, 0.25) is 17.7 Å². The van der Waals surface area contributed by atoms with Gasteiger partial charge >= 0.3 is 0 Å². The van der Waals surface area contributed by atoms with Crippen molar-refractivity contribution >= 4 is 23.4 Å². The number of carbonyl (C=O) groups excluding carboxylic acids is 3. The molecule has 0 bridgehead atoms. The van der Waals surface area contributed by atoms with Crippen molar-refractivity contribution in [2.45, 2.75) is 13.3 Å². The Morgan fingerprint density at radius 2 is 2.16 bits per heavy atom. The molecule has 3 amide bonds. The van der Waals surface area contributed by atoms with Crippen LogP contribution in [0.1, 0.15) is 13.3 Å². The van der Waals surface area contributed by atoms with Crippen LogP contribution in [0, 0.1) is 17.8 Å². The standard InChI is InChI=1S/C18H21N3O4/c1-13(22)20-15-6-5-7-16(11-15)25-9-4-3-8-19-18(24)14-10-17(23)21(2)12-14/h5-7,11,14H,8-10,12H2,1-2H3,(H,19,24)(H,20,22). The summed E-state index contributed by atoms with van der Waals surface area (Å²) in [7, 11) is 1.69. The average molecular weight is 343 g/mol. The first kappa shape index (κ1) is 18.3. The minimum Gasteiger partial charge on any atom is -0.481 e. The lowest BCUT2D eigenvalue weighted by molar-refractivity contribution is -0.128. The average Bonchev–Trinajstić information content (AvgIpc) is 2.89. The van der Waals surface area contributed by atoms with E-state index in [1.54, 1.807) is 36.2 Å². The van der Waals surface area contributed by atoms with Gasteiger partial charge in [-0.1, -0.05) is 17.9 Å². The highest BCUT2D eigenvalue weighted by Gasteiger charge is 2.31. The minimum atomic E-state index is -0.299. The summed E-state index contributed by atoms with van der Waals surface area (Å²) in [6, 6.07) is 7.01. The first-order chi connectivity index (χ1) is 12.0. The van der Waals surface area contributed by atoms with Gasteiger partial charge in [-0.25, -0.2) is 0 Å². The molecular weight excluding hydrogens is 322 g/mol. The molecule has 132 valence electrons. The third-order valence-electron chi connectivity index (χ3n) is 3.65. The van der Waals surface area contributed by atoms with E-state index in [-0.39, 0.29) is 43.2 Å². The lowest BCUT2D eigenvalue weighted by Crippen LogP contribution is -2.32. The van der Waals surface area contributed by atoms with E-state index in [0.29, 0.717) is 18.0 Å². The van der Waals surface area contributed by atoms with E-state index in [1.165, 1.54) is 6.92 Å². The summed E-state index contributed by atoms with van der Waals surface area (Å²) < 4.78 is 5.47. The van der Waals surface area contributed by atoms with Crippen molar-refractivity contribution in [2.24, 2.45) is 5.92 Å². The van der Waals surface area contributed by atoms with Crippen molar-refractivity contribution in [3.05, 3.63) is 24.3 Å². The molecule has 1 atom stereocenters. The Morgan fingerprint density at radius 3 is 2.84 bits per heavy atom. The number of hydrogen-bond donors (Lipinski definition) is 2. The zero-order chi connectivity index (χ0) is 18.2. The van der Waals surface area contributed by atoms with Crippen LogP contribution in [0.2, 0.25) is 0 Å². The molecule has 7 heteroatoms. The van der Waals surface area contributed by atoms with Gasteiger partial charge in [-0.15, -0.1) is 0 Å². The number of hydrogen-bond acceptors (Lipinski definition) is 4. The van der Waals surface area contributed by atoms with Crippen LogP contribution in [0.15, 0.2) is 24.3 Å². The van der Waals surface area contributed by atoms with Gasteiger partial charge in [-0.2, -0.15) is 0 Å². The Morgan fingerprint density at radius 1 is 1.36 bits per heavy atom. The summed E-state index contributed by atoms with van der Waals surface area (Å²) >= 11 is 0. The van der Waals surface area contributed by atoms with E-state index < -0.39 is 0 Å². The van der Waals surface area contributed by atoms with Crippen molar-refractivity contribution in [3.8, 4) is 17.6 Å². The van der Waals surface area contributed by atoms with Crippen molar-refractivity contribution in [1.82, 2.24) is 10.2 Å². The quantitative estimate of drug-likeness (QED) is 0.768. The smallest absolute Gasteiger partial charge is 0.226 e. The van der Waals surface area contributed by atoms with Gasteiger partial charge in [0.05, 0.1) is 12.5 Å². The second-order valence-electron chi connectivity index (χ2n) is 5.74. The van der Waals surface area contributed by atoms with Crippen LogP contribution in [-0.2, 0) is 14.4 Å². The molecule has 1 saturated heterocycles. The maximum Gasteiger partial charge on any atom is 0.226 e. The number of benzene rings is 1. The predicted molar refractivity (Wildman–Crippen MR) is 92.8 cm³/mol. The van der Waals surface area contributed by atoms with Crippen LogP contribution < -0.4 is 15.4 Å². The number of nitrogens with one attached hydrogen (secondary N) is 2. The van der Waals surface area contributed by atoms with Gasteiger partial charge in [0, 0.05) is 38.7 Å². The highest BCUT2D eigenvalue weighted by molar-refractivity contribution is 5.89. The zero-order valence-electron chi connectivity index (χ0n) is 14.3. The van der Waals surface area contributed by atoms with Crippen LogP contribution in [-0.4, -0.2) is 49.4 Å². The Bertz CT molecular complexity index is 721. The van der Waals surface area contributed by atoms with Crippen molar-refractivity contribution in [3.63, 3.8) is 0 Å². The largest absolute Gasteiger partial charge is 0.481 e. The summed E-state index contributed by atoms with van der Waals surface area (Å²) in [6.45, 7) is 2.27. The molecule has 2 N–H and O–H groups in total. The van der Waals surface area contributed by atoms with Crippen LogP contribution >= 0.6 is 0 Å². The number of nitrogens with zero attached hydrogens (tertiary/aromatic N) is 1. The van der Waals surface area contributed by atoms with Crippen molar-refractivity contribution < 1.29 is 19.1 Å². The minimum absolute atomic E-state index is 0.0128. The molecule has 1 aliphatic rings. The molecule has 2 rings (SSSR count). The first-order valence-corrected chi connectivity index (χ1v) is 7.93. The molecule has 1 unspecified atom stereocenters. The molecule has 1 aromatic rings. The van der Waals surface area contributed by atoms with Gasteiger partial charge in [0.1, 0.15) is 12.4 Å². The summed E-state index contributed by atoms with van der Waals surface area (Å²) in [5.74, 6) is 5.59. The molecule has 1 heterocycles. The van der Waals surface area contributed by atoms with E-state index in [0.717, 1.165) is 0 Å². The topological polar surface area (TPSA) is 87.7 Å². The van der Waals surface area contributed by atoms with Crippen LogP contribution in [0.25, 0.3) is 0 Å². The van der Waals surface area contributed by atoms with Crippen molar-refractivity contribution in [1.29, 1.82) is 0 Å². The third kappa shape index (κ3) is 5.84. The van der Waals surface area contributed by atoms with E-state index in [4.69, 9.17) is 4.74 Å². The lowest BCUT2D eigenvalue weighted by atomic mass is 10.1. The first-order valence-electron chi connectivity index (χ1n) is 7.93. The molecule has 1 aliphatic heterocycles. The Kier molecular flexibility index (Phi) is 6.40. The monoisotopic (exact) mass is 343 g/mol. The molecule has 7 nitrogen and oxygen atoms in total. The van der Waals surface area contributed by atoms with E-state index in [9.17, 15) is 14.4 Å². The number of ether oxygens (including phenoxy) is 1. The van der Waals surface area contributed by atoms with Crippen LogP contribution in [0.4, 0.5) is 5.69 Å². The van der Waals surface area contributed by atoms with E-state index >= 15 is 0 Å². The van der Waals surface area contributed by atoms with Gasteiger partial charge in [0.15, 0.2) is 0 Å². The van der Waals surface area contributed by atoms with Gasteiger partial charge < -0.3 is 20.3 Å². The second-order valence-corrected chi connectivity index (χ2v) is 5.74. The summed E-state index contributed by atoms with van der Waals surface area (Å²) in [5, 5.41) is 5.37. The fourth-order valence-corrected chi connectivity index (χ4v) is 2.41. The molecular formula is C18H21N3O4. The SMILES string of the molecule is CC(=O)Nc1cccc(OCC#CCNC(=O)C2CC(=O)N(C)C2)c1. The van der Waals surface area contributed by atoms with Gasteiger partial charge in [0.25, 0.3) is 0 Å². The lowest BCUT2D eigenvalue weighted by Gasteiger charge is -2.09. The molecule has 0 aromatic heterocycles. The fourth-order valence-electron chi connectivity index (χ4n) is 2.41. The van der Waals surface area contributed by atoms with Gasteiger partial charge in [-0.3, -0.25) is 14.4 Å². The molecule has 1 aromatic carbocycles. The summed E-state index contributed by atoms with van der Waals surface area (Å²) in [4.78, 5) is 35.9. The highest BCUT2D eigenvalue weighted by Crippen LogP contribution is 2.17. The Balaban J connectivity index is 1.70. The number of anilines is 1. The maximum absolute atomic E-state index is 11.9. The second kappa shape index (κ2) is 8.73. The molecule has 0 aliphatic carbocycles. The molecule has 0 spiro atoms. The van der Waals surface area contributed by atoms with Gasteiger partial charge in [-0.05, 0) is 12.1 Å². The molecule has 0 saturated carbocycles. The zero-order valence-corrected chi connectivity index (χ0v) is 14.3. The number of carbonyl (C=O) groups is 3. The highest BCUT2D eigenvalue weighted by atomic mass is 16.5. The Labute approximate surface area is 146 Å². The third-order valence-corrected chi connectivity index (χ3v) is 3.65. The van der Waals surface area contributed by atoms with Crippen molar-refractivity contribution in [2.75, 3.05) is 32.1 Å². The number of likely N-dealkylation sites (tertiary alicyclic amines) is 1. The number of rotatable bonds is 5. The predicted octanol–water partition coefficient (Wildman–Crippen LogP) is 0.622. The molecule has 25 heavy (non-hydrogen) atoms. The maximum atomic E-state index is 11.9. The fraction of sp³-hybridized carbons (Fsp3) is 0.389. The summed E-state index contributed by atoms with van der Waals surface area (Å²) in [5.41, 5.74) is 0.654. The van der Waals surface area contributed by atoms with E-state index in [1.807, 2.05) is 0 Å². The molecule has 1 fully saturated rings. The van der Waals surface area contributed by atoms with Crippen LogP contribution in [0.5, 0.6) is 5.75 Å². The van der Waals surface area contributed by atoms with E-state index in [2.05, 4.69) is 22.5 Å². The Hall–Kier alpha value is -3.01. The normalized spacial score (nSPS) is 16.0. The summed E-state index contributed by atoms with van der Waals surface area (Å²) in [6.07, 6.45) is 0.253.